The molecule has 124 valence electrons. The fourth-order valence-electron chi connectivity index (χ4n) is 2.50. The van der Waals surface area contributed by atoms with Gasteiger partial charge < -0.3 is 4.18 Å². The summed E-state index contributed by atoms with van der Waals surface area (Å²) in [5, 5.41) is 9.02. The third-order valence-electron chi connectivity index (χ3n) is 3.76. The molecule has 3 aromatic rings. The summed E-state index contributed by atoms with van der Waals surface area (Å²) < 4.78 is 30.9. The van der Waals surface area contributed by atoms with E-state index < -0.39 is 10.1 Å². The topological polar surface area (TPSA) is 67.2 Å². The van der Waals surface area contributed by atoms with E-state index in [-0.39, 0.29) is 16.2 Å². The second-order valence-corrected chi connectivity index (χ2v) is 7.01. The van der Waals surface area contributed by atoms with E-state index in [2.05, 4.69) is 0 Å². The average molecular weight is 349 g/mol. The molecule has 4 nitrogen and oxygen atoms in total. The van der Waals surface area contributed by atoms with Crippen LogP contribution in [0.25, 0.3) is 11.1 Å². The van der Waals surface area contributed by atoms with Gasteiger partial charge in [0.25, 0.3) is 0 Å². The zero-order valence-electron chi connectivity index (χ0n) is 13.5. The minimum absolute atomic E-state index is 0.00517. The first kappa shape index (κ1) is 16.7. The monoisotopic (exact) mass is 349 g/mol. The zero-order chi connectivity index (χ0) is 17.9. The Morgan fingerprint density at radius 3 is 2.32 bits per heavy atom. The Labute approximate surface area is 147 Å². The van der Waals surface area contributed by atoms with Crippen LogP contribution in [0.15, 0.2) is 77.7 Å². The lowest BCUT2D eigenvalue weighted by molar-refractivity contribution is 0.486. The quantitative estimate of drug-likeness (QED) is 0.659. The molecule has 0 aromatic heterocycles. The third-order valence-corrected chi connectivity index (χ3v) is 5.14. The molecule has 0 saturated carbocycles. The molecule has 3 rings (SSSR count). The first-order valence-electron chi connectivity index (χ1n) is 7.61. The van der Waals surface area contributed by atoms with Crippen LogP contribution in [-0.2, 0) is 10.1 Å². The smallest absolute Gasteiger partial charge is 0.339 e. The summed E-state index contributed by atoms with van der Waals surface area (Å²) >= 11 is 0. The average Bonchev–Trinajstić information content (AvgIpc) is 2.63. The van der Waals surface area contributed by atoms with Gasteiger partial charge in [-0.1, -0.05) is 54.6 Å². The van der Waals surface area contributed by atoms with Crippen molar-refractivity contribution in [2.75, 3.05) is 0 Å². The first-order valence-corrected chi connectivity index (χ1v) is 9.02. The maximum atomic E-state index is 12.7. The van der Waals surface area contributed by atoms with E-state index in [0.717, 1.165) is 5.56 Å². The molecule has 0 atom stereocenters. The predicted octanol–water partition coefficient (Wildman–Crippen LogP) is 4.30. The summed E-state index contributed by atoms with van der Waals surface area (Å²) in [7, 11) is -4.06. The Balaban J connectivity index is 2.05. The molecule has 0 radical (unpaired) electrons. The summed E-state index contributed by atoms with van der Waals surface area (Å²) in [6.45, 7) is 1.67. The van der Waals surface area contributed by atoms with E-state index in [0.29, 0.717) is 11.1 Å². The van der Waals surface area contributed by atoms with E-state index in [1.54, 1.807) is 37.3 Å². The Bertz CT molecular complexity index is 1050. The maximum Gasteiger partial charge on any atom is 0.339 e. The fraction of sp³-hybridized carbons (Fsp3) is 0.0500. The minimum atomic E-state index is -4.06. The largest absolute Gasteiger partial charge is 0.378 e. The second-order valence-electron chi connectivity index (χ2n) is 5.49. The molecule has 0 aliphatic rings. The summed E-state index contributed by atoms with van der Waals surface area (Å²) in [6, 6.07) is 22.8. The Hall–Kier alpha value is -3.10. The van der Waals surface area contributed by atoms with E-state index in [1.165, 1.54) is 6.07 Å². The van der Waals surface area contributed by atoms with Crippen molar-refractivity contribution in [2.24, 2.45) is 0 Å². The van der Waals surface area contributed by atoms with Crippen molar-refractivity contribution in [1.29, 1.82) is 5.26 Å². The van der Waals surface area contributed by atoms with Crippen LogP contribution >= 0.6 is 0 Å². The van der Waals surface area contributed by atoms with Gasteiger partial charge in [-0.3, -0.25) is 0 Å². The van der Waals surface area contributed by atoms with Crippen molar-refractivity contribution in [3.8, 4) is 22.9 Å². The Morgan fingerprint density at radius 1 is 0.920 bits per heavy atom. The van der Waals surface area contributed by atoms with Crippen LogP contribution in [-0.4, -0.2) is 8.42 Å². The van der Waals surface area contributed by atoms with Crippen LogP contribution in [0.3, 0.4) is 0 Å². The molecular formula is C20H15NO3S. The second kappa shape index (κ2) is 6.80. The van der Waals surface area contributed by atoms with E-state index in [9.17, 15) is 8.42 Å². The van der Waals surface area contributed by atoms with Gasteiger partial charge in [0.2, 0.25) is 0 Å². The van der Waals surface area contributed by atoms with Crippen LogP contribution in [0.5, 0.6) is 5.75 Å². The Morgan fingerprint density at radius 2 is 1.60 bits per heavy atom. The van der Waals surface area contributed by atoms with Gasteiger partial charge in [-0.2, -0.15) is 13.7 Å². The molecule has 25 heavy (non-hydrogen) atoms. The number of hydrogen-bond acceptors (Lipinski definition) is 4. The molecule has 0 spiro atoms. The van der Waals surface area contributed by atoms with Gasteiger partial charge in [0, 0.05) is 5.56 Å². The van der Waals surface area contributed by atoms with Crippen LogP contribution in [0.2, 0.25) is 0 Å². The number of rotatable bonds is 4. The standard InChI is InChI=1S/C20H15NO3S/c1-15-11-12-16(14-21)13-20(15)25(22,23)24-19-10-6-5-9-18(19)17-7-3-2-4-8-17/h2-13H,1H3. The molecule has 0 amide bonds. The molecule has 0 heterocycles. The molecule has 0 unspecified atom stereocenters. The number of para-hydroxylation sites is 1. The molecule has 0 fully saturated rings. The molecule has 0 saturated heterocycles. The van der Waals surface area contributed by atoms with E-state index in [4.69, 9.17) is 9.44 Å². The lowest BCUT2D eigenvalue weighted by Gasteiger charge is -2.13. The molecular weight excluding hydrogens is 334 g/mol. The zero-order valence-corrected chi connectivity index (χ0v) is 14.3. The van der Waals surface area contributed by atoms with Gasteiger partial charge in [0.05, 0.1) is 11.6 Å². The number of benzene rings is 3. The third kappa shape index (κ3) is 3.54. The number of aryl methyl sites for hydroxylation is 1. The van der Waals surface area contributed by atoms with Crippen molar-refractivity contribution in [3.05, 3.63) is 83.9 Å². The molecule has 0 N–H and O–H groups in total. The molecule has 0 aliphatic heterocycles. The van der Waals surface area contributed by atoms with Crippen molar-refractivity contribution in [1.82, 2.24) is 0 Å². The summed E-state index contributed by atoms with van der Waals surface area (Å²) in [5.41, 5.74) is 2.33. The van der Waals surface area contributed by atoms with Gasteiger partial charge in [-0.25, -0.2) is 0 Å². The van der Waals surface area contributed by atoms with E-state index >= 15 is 0 Å². The van der Waals surface area contributed by atoms with Crippen molar-refractivity contribution >= 4 is 10.1 Å². The van der Waals surface area contributed by atoms with Crippen molar-refractivity contribution < 1.29 is 12.6 Å². The molecule has 3 aromatic carbocycles. The normalized spacial score (nSPS) is 10.9. The SMILES string of the molecule is Cc1ccc(C#N)cc1S(=O)(=O)Oc1ccccc1-c1ccccc1. The lowest BCUT2D eigenvalue weighted by Crippen LogP contribution is -2.12. The van der Waals surface area contributed by atoms with E-state index in [1.807, 2.05) is 42.5 Å². The highest BCUT2D eigenvalue weighted by molar-refractivity contribution is 7.87. The molecule has 5 heteroatoms. The van der Waals surface area contributed by atoms with Gasteiger partial charge >= 0.3 is 10.1 Å². The van der Waals surface area contributed by atoms with Crippen molar-refractivity contribution in [3.63, 3.8) is 0 Å². The fourth-order valence-corrected chi connectivity index (χ4v) is 3.70. The number of nitrogens with zero attached hydrogens (tertiary/aromatic N) is 1. The van der Waals surface area contributed by atoms with Crippen LogP contribution in [0.4, 0.5) is 0 Å². The van der Waals surface area contributed by atoms with Crippen molar-refractivity contribution in [2.45, 2.75) is 11.8 Å². The molecule has 0 aliphatic carbocycles. The lowest BCUT2D eigenvalue weighted by atomic mass is 10.1. The highest BCUT2D eigenvalue weighted by atomic mass is 32.2. The van der Waals surface area contributed by atoms with Crippen LogP contribution in [0.1, 0.15) is 11.1 Å². The Kier molecular flexibility index (Phi) is 4.55. The van der Waals surface area contributed by atoms with Crippen LogP contribution < -0.4 is 4.18 Å². The summed E-state index contributed by atoms with van der Waals surface area (Å²) in [5.74, 6) is 0.246. The highest BCUT2D eigenvalue weighted by Gasteiger charge is 2.21. The minimum Gasteiger partial charge on any atom is -0.378 e. The van der Waals surface area contributed by atoms with Gasteiger partial charge in [0.1, 0.15) is 4.90 Å². The number of hydrogen-bond donors (Lipinski definition) is 0. The maximum absolute atomic E-state index is 12.7. The highest BCUT2D eigenvalue weighted by Crippen LogP contribution is 2.32. The first-order chi connectivity index (χ1) is 12.0. The number of nitriles is 1. The van der Waals surface area contributed by atoms with Gasteiger partial charge in [0.15, 0.2) is 5.75 Å². The predicted molar refractivity (Wildman–Crippen MR) is 95.6 cm³/mol. The van der Waals surface area contributed by atoms with Crippen LogP contribution in [0, 0.1) is 18.3 Å². The van der Waals surface area contributed by atoms with Gasteiger partial charge in [-0.15, -0.1) is 0 Å². The van der Waals surface area contributed by atoms with Gasteiger partial charge in [-0.05, 0) is 36.2 Å². The summed E-state index contributed by atoms with van der Waals surface area (Å²) in [6.07, 6.45) is 0. The summed E-state index contributed by atoms with van der Waals surface area (Å²) in [4.78, 5) is -0.00517. The molecule has 0 bridgehead atoms.